The standard InChI is InChI=1S/C8H11ClN2/c1-6-7(5-11-10)3-2-4-8(6)9/h2-4,11H,5,10H2,1H3. The number of rotatable bonds is 2. The molecule has 0 saturated carbocycles. The molecule has 0 radical (unpaired) electrons. The van der Waals surface area contributed by atoms with Crippen molar-refractivity contribution >= 4 is 11.6 Å². The first kappa shape index (κ1) is 8.53. The Kier molecular flexibility index (Phi) is 2.88. The second-order valence-electron chi connectivity index (χ2n) is 2.40. The quantitative estimate of drug-likeness (QED) is 0.523. The van der Waals surface area contributed by atoms with Crippen molar-refractivity contribution in [3.05, 3.63) is 34.3 Å². The Bertz CT molecular complexity index is 248. The van der Waals surface area contributed by atoms with Gasteiger partial charge in [0, 0.05) is 11.6 Å². The minimum atomic E-state index is 0.659. The molecular formula is C8H11ClN2. The lowest BCUT2D eigenvalue weighted by molar-refractivity contribution is 0.737. The van der Waals surface area contributed by atoms with Gasteiger partial charge in [-0.25, -0.2) is 0 Å². The topological polar surface area (TPSA) is 38.0 Å². The Morgan fingerprint density at radius 2 is 2.27 bits per heavy atom. The van der Waals surface area contributed by atoms with Crippen molar-refractivity contribution in [3.63, 3.8) is 0 Å². The molecule has 11 heavy (non-hydrogen) atoms. The molecule has 0 unspecified atom stereocenters. The fourth-order valence-corrected chi connectivity index (χ4v) is 1.15. The van der Waals surface area contributed by atoms with Crippen LogP contribution in [0.25, 0.3) is 0 Å². The van der Waals surface area contributed by atoms with Gasteiger partial charge >= 0.3 is 0 Å². The summed E-state index contributed by atoms with van der Waals surface area (Å²) in [6.45, 7) is 2.64. The molecule has 0 heterocycles. The first-order chi connectivity index (χ1) is 5.25. The predicted molar refractivity (Wildman–Crippen MR) is 47.2 cm³/mol. The van der Waals surface area contributed by atoms with E-state index in [1.165, 1.54) is 0 Å². The number of nitrogens with two attached hydrogens (primary N) is 1. The zero-order chi connectivity index (χ0) is 8.27. The van der Waals surface area contributed by atoms with Gasteiger partial charge in [0.15, 0.2) is 0 Å². The molecule has 0 aliphatic heterocycles. The number of benzene rings is 1. The highest BCUT2D eigenvalue weighted by atomic mass is 35.5. The van der Waals surface area contributed by atoms with Crippen molar-refractivity contribution in [3.8, 4) is 0 Å². The van der Waals surface area contributed by atoms with E-state index in [2.05, 4.69) is 5.43 Å². The summed E-state index contributed by atoms with van der Waals surface area (Å²) in [6, 6.07) is 5.79. The fourth-order valence-electron chi connectivity index (χ4n) is 0.954. The Labute approximate surface area is 71.3 Å². The molecule has 60 valence electrons. The lowest BCUT2D eigenvalue weighted by Crippen LogP contribution is -2.21. The molecule has 0 amide bonds. The molecular weight excluding hydrogens is 160 g/mol. The summed E-state index contributed by atoms with van der Waals surface area (Å²) in [7, 11) is 0. The van der Waals surface area contributed by atoms with E-state index in [0.29, 0.717) is 6.54 Å². The van der Waals surface area contributed by atoms with Crippen LogP contribution in [0.5, 0.6) is 0 Å². The summed E-state index contributed by atoms with van der Waals surface area (Å²) in [5, 5.41) is 0.790. The normalized spacial score (nSPS) is 10.1. The zero-order valence-electron chi connectivity index (χ0n) is 6.39. The maximum absolute atomic E-state index is 5.88. The Hall–Kier alpha value is -0.570. The molecule has 0 fully saturated rings. The van der Waals surface area contributed by atoms with Crippen LogP contribution in [0.3, 0.4) is 0 Å². The van der Waals surface area contributed by atoms with Crippen LogP contribution >= 0.6 is 11.6 Å². The molecule has 0 aromatic heterocycles. The van der Waals surface area contributed by atoms with Crippen molar-refractivity contribution in [1.29, 1.82) is 0 Å². The fraction of sp³-hybridized carbons (Fsp3) is 0.250. The van der Waals surface area contributed by atoms with Gasteiger partial charge in [-0.05, 0) is 24.1 Å². The third kappa shape index (κ3) is 1.93. The van der Waals surface area contributed by atoms with Crippen molar-refractivity contribution in [2.45, 2.75) is 13.5 Å². The van der Waals surface area contributed by atoms with Crippen LogP contribution in [0, 0.1) is 6.92 Å². The van der Waals surface area contributed by atoms with Gasteiger partial charge in [0.05, 0.1) is 0 Å². The summed E-state index contributed by atoms with van der Waals surface area (Å²) < 4.78 is 0. The van der Waals surface area contributed by atoms with E-state index in [-0.39, 0.29) is 0 Å². The number of halogens is 1. The van der Waals surface area contributed by atoms with Crippen LogP contribution in [0.1, 0.15) is 11.1 Å². The molecule has 0 bridgehead atoms. The highest BCUT2D eigenvalue weighted by Crippen LogP contribution is 2.17. The average molecular weight is 171 g/mol. The minimum absolute atomic E-state index is 0.659. The lowest BCUT2D eigenvalue weighted by Gasteiger charge is -2.05. The number of nitrogens with one attached hydrogen (secondary N) is 1. The molecule has 1 rings (SSSR count). The van der Waals surface area contributed by atoms with Crippen molar-refractivity contribution in [2.24, 2.45) is 5.84 Å². The summed E-state index contributed by atoms with van der Waals surface area (Å²) in [4.78, 5) is 0. The van der Waals surface area contributed by atoms with Crippen LogP contribution in [-0.2, 0) is 6.54 Å². The first-order valence-corrected chi connectivity index (χ1v) is 3.81. The molecule has 3 N–H and O–H groups in total. The smallest absolute Gasteiger partial charge is 0.0438 e. The highest BCUT2D eigenvalue weighted by Gasteiger charge is 1.99. The van der Waals surface area contributed by atoms with Crippen molar-refractivity contribution < 1.29 is 0 Å². The zero-order valence-corrected chi connectivity index (χ0v) is 7.15. The van der Waals surface area contributed by atoms with Gasteiger partial charge in [-0.3, -0.25) is 11.3 Å². The van der Waals surface area contributed by atoms with Gasteiger partial charge in [-0.1, -0.05) is 23.7 Å². The second-order valence-corrected chi connectivity index (χ2v) is 2.81. The van der Waals surface area contributed by atoms with Gasteiger partial charge < -0.3 is 0 Å². The molecule has 0 aliphatic rings. The van der Waals surface area contributed by atoms with Crippen LogP contribution < -0.4 is 11.3 Å². The van der Waals surface area contributed by atoms with Crippen LogP contribution in [0.2, 0.25) is 5.02 Å². The van der Waals surface area contributed by atoms with Gasteiger partial charge in [0.1, 0.15) is 0 Å². The second kappa shape index (κ2) is 3.72. The maximum atomic E-state index is 5.88. The van der Waals surface area contributed by atoms with Gasteiger partial charge in [-0.2, -0.15) is 0 Å². The van der Waals surface area contributed by atoms with E-state index < -0.39 is 0 Å². The van der Waals surface area contributed by atoms with Crippen LogP contribution in [0.4, 0.5) is 0 Å². The van der Waals surface area contributed by atoms with E-state index in [4.69, 9.17) is 17.4 Å². The predicted octanol–water partition coefficient (Wildman–Crippen LogP) is 1.61. The van der Waals surface area contributed by atoms with Gasteiger partial charge in [0.25, 0.3) is 0 Å². The summed E-state index contributed by atoms with van der Waals surface area (Å²) in [6.07, 6.45) is 0. The van der Waals surface area contributed by atoms with Crippen molar-refractivity contribution in [1.82, 2.24) is 5.43 Å². The Morgan fingerprint density at radius 3 is 2.91 bits per heavy atom. The largest absolute Gasteiger partial charge is 0.271 e. The van der Waals surface area contributed by atoms with E-state index in [1.54, 1.807) is 0 Å². The third-order valence-electron chi connectivity index (χ3n) is 1.67. The Morgan fingerprint density at radius 1 is 1.55 bits per heavy atom. The van der Waals surface area contributed by atoms with E-state index in [9.17, 15) is 0 Å². The van der Waals surface area contributed by atoms with Crippen LogP contribution in [0.15, 0.2) is 18.2 Å². The number of hydrazine groups is 1. The van der Waals surface area contributed by atoms with E-state index in [1.807, 2.05) is 25.1 Å². The lowest BCUT2D eigenvalue weighted by atomic mass is 10.1. The molecule has 3 heteroatoms. The Balaban J connectivity index is 2.96. The third-order valence-corrected chi connectivity index (χ3v) is 2.08. The first-order valence-electron chi connectivity index (χ1n) is 3.43. The molecule has 0 spiro atoms. The molecule has 1 aromatic rings. The monoisotopic (exact) mass is 170 g/mol. The summed E-state index contributed by atoms with van der Waals surface area (Å²) in [5.41, 5.74) is 4.82. The molecule has 0 saturated heterocycles. The van der Waals surface area contributed by atoms with Crippen molar-refractivity contribution in [2.75, 3.05) is 0 Å². The maximum Gasteiger partial charge on any atom is 0.0438 e. The molecule has 1 aromatic carbocycles. The van der Waals surface area contributed by atoms with E-state index >= 15 is 0 Å². The summed E-state index contributed by atoms with van der Waals surface area (Å²) >= 11 is 5.88. The average Bonchev–Trinajstić information content (AvgIpc) is 1.99. The highest BCUT2D eigenvalue weighted by molar-refractivity contribution is 6.31. The number of hydrogen-bond acceptors (Lipinski definition) is 2. The number of hydrogen-bond donors (Lipinski definition) is 2. The molecule has 2 nitrogen and oxygen atoms in total. The minimum Gasteiger partial charge on any atom is -0.271 e. The SMILES string of the molecule is Cc1c(Cl)cccc1CNN. The summed E-state index contributed by atoms with van der Waals surface area (Å²) in [5.74, 6) is 5.19. The molecule has 0 aliphatic carbocycles. The van der Waals surface area contributed by atoms with E-state index in [0.717, 1.165) is 16.1 Å². The van der Waals surface area contributed by atoms with Gasteiger partial charge in [-0.15, -0.1) is 0 Å². The molecule has 0 atom stereocenters. The van der Waals surface area contributed by atoms with Gasteiger partial charge in [0.2, 0.25) is 0 Å². The van der Waals surface area contributed by atoms with Crippen LogP contribution in [-0.4, -0.2) is 0 Å².